The van der Waals surface area contributed by atoms with E-state index in [1.54, 1.807) is 17.3 Å². The molecule has 0 spiro atoms. The van der Waals surface area contributed by atoms with Crippen LogP contribution in [0.15, 0.2) is 48.8 Å². The van der Waals surface area contributed by atoms with Crippen molar-refractivity contribution in [3.63, 3.8) is 0 Å². The molecule has 0 bridgehead atoms. The minimum Gasteiger partial charge on any atom is -0.368 e. The van der Waals surface area contributed by atoms with Crippen molar-refractivity contribution in [1.29, 1.82) is 0 Å². The van der Waals surface area contributed by atoms with Gasteiger partial charge in [0, 0.05) is 62.0 Å². The van der Waals surface area contributed by atoms with Gasteiger partial charge in [0.05, 0.1) is 4.92 Å². The van der Waals surface area contributed by atoms with Crippen LogP contribution in [0.4, 0.5) is 11.4 Å². The summed E-state index contributed by atoms with van der Waals surface area (Å²) >= 11 is 0. The first-order valence-electron chi connectivity index (χ1n) is 7.34. The van der Waals surface area contributed by atoms with Crippen molar-refractivity contribution in [2.75, 3.05) is 31.1 Å². The van der Waals surface area contributed by atoms with E-state index < -0.39 is 4.92 Å². The van der Waals surface area contributed by atoms with Crippen LogP contribution < -0.4 is 4.90 Å². The number of carbonyl (C=O) groups is 1. The number of anilines is 1. The SMILES string of the molecule is O=C(c1ccc([N+](=O)[O-])cc1)N1CCN(c2ccncc2)CC1. The van der Waals surface area contributed by atoms with E-state index >= 15 is 0 Å². The molecule has 7 heteroatoms. The summed E-state index contributed by atoms with van der Waals surface area (Å²) in [6.07, 6.45) is 3.51. The largest absolute Gasteiger partial charge is 0.368 e. The second-order valence-electron chi connectivity index (χ2n) is 5.29. The number of amides is 1. The molecular weight excluding hydrogens is 296 g/mol. The molecule has 23 heavy (non-hydrogen) atoms. The molecule has 0 aliphatic carbocycles. The smallest absolute Gasteiger partial charge is 0.269 e. The molecule has 1 aromatic carbocycles. The van der Waals surface area contributed by atoms with Crippen LogP contribution >= 0.6 is 0 Å². The monoisotopic (exact) mass is 312 g/mol. The molecule has 7 nitrogen and oxygen atoms in total. The number of benzene rings is 1. The number of hydrogen-bond acceptors (Lipinski definition) is 5. The van der Waals surface area contributed by atoms with E-state index in [1.165, 1.54) is 24.3 Å². The predicted octanol–water partition coefficient (Wildman–Crippen LogP) is 1.95. The van der Waals surface area contributed by atoms with Crippen molar-refractivity contribution in [3.8, 4) is 0 Å². The average molecular weight is 312 g/mol. The predicted molar refractivity (Wildman–Crippen MR) is 85.4 cm³/mol. The molecule has 118 valence electrons. The first kappa shape index (κ1) is 15.0. The molecule has 1 aromatic heterocycles. The fourth-order valence-corrected chi connectivity index (χ4v) is 2.63. The molecule has 0 atom stereocenters. The maximum Gasteiger partial charge on any atom is 0.269 e. The van der Waals surface area contributed by atoms with Crippen LogP contribution in [-0.4, -0.2) is 46.9 Å². The van der Waals surface area contributed by atoms with Gasteiger partial charge in [-0.05, 0) is 24.3 Å². The van der Waals surface area contributed by atoms with Crippen molar-refractivity contribution in [1.82, 2.24) is 9.88 Å². The highest BCUT2D eigenvalue weighted by Crippen LogP contribution is 2.17. The zero-order valence-electron chi connectivity index (χ0n) is 12.5. The van der Waals surface area contributed by atoms with Crippen LogP contribution in [0.5, 0.6) is 0 Å². The number of pyridine rings is 1. The Morgan fingerprint density at radius 1 is 1.00 bits per heavy atom. The second kappa shape index (κ2) is 6.43. The van der Waals surface area contributed by atoms with Gasteiger partial charge < -0.3 is 9.80 Å². The molecule has 0 unspecified atom stereocenters. The molecular formula is C16H16N4O3. The van der Waals surface area contributed by atoms with E-state index in [2.05, 4.69) is 9.88 Å². The van der Waals surface area contributed by atoms with Gasteiger partial charge in [-0.2, -0.15) is 0 Å². The van der Waals surface area contributed by atoms with Gasteiger partial charge in [0.25, 0.3) is 11.6 Å². The fraction of sp³-hybridized carbons (Fsp3) is 0.250. The molecule has 0 radical (unpaired) electrons. The number of nitro groups is 1. The van der Waals surface area contributed by atoms with Gasteiger partial charge in [-0.25, -0.2) is 0 Å². The molecule has 0 saturated carbocycles. The molecule has 1 aliphatic heterocycles. The Morgan fingerprint density at radius 3 is 2.17 bits per heavy atom. The Morgan fingerprint density at radius 2 is 1.61 bits per heavy atom. The quantitative estimate of drug-likeness (QED) is 0.639. The highest BCUT2D eigenvalue weighted by molar-refractivity contribution is 5.94. The van der Waals surface area contributed by atoms with E-state index in [9.17, 15) is 14.9 Å². The van der Waals surface area contributed by atoms with Crippen molar-refractivity contribution >= 4 is 17.3 Å². The molecule has 1 amide bonds. The standard InChI is InChI=1S/C16H16N4O3/c21-16(13-1-3-15(4-2-13)20(22)23)19-11-9-18(10-12-19)14-5-7-17-8-6-14/h1-8H,9-12H2. The number of non-ortho nitro benzene ring substituents is 1. The highest BCUT2D eigenvalue weighted by atomic mass is 16.6. The Hall–Kier alpha value is -2.96. The summed E-state index contributed by atoms with van der Waals surface area (Å²) in [7, 11) is 0. The van der Waals surface area contributed by atoms with E-state index in [1.807, 2.05) is 12.1 Å². The minimum atomic E-state index is -0.470. The van der Waals surface area contributed by atoms with E-state index in [4.69, 9.17) is 0 Å². The van der Waals surface area contributed by atoms with Crippen molar-refractivity contribution < 1.29 is 9.72 Å². The van der Waals surface area contributed by atoms with Gasteiger partial charge >= 0.3 is 0 Å². The molecule has 3 rings (SSSR count). The first-order chi connectivity index (χ1) is 11.1. The van der Waals surface area contributed by atoms with Crippen LogP contribution in [0.25, 0.3) is 0 Å². The van der Waals surface area contributed by atoms with Gasteiger partial charge in [0.15, 0.2) is 0 Å². The first-order valence-corrected chi connectivity index (χ1v) is 7.34. The lowest BCUT2D eigenvalue weighted by molar-refractivity contribution is -0.384. The Bertz CT molecular complexity index is 695. The third kappa shape index (κ3) is 3.28. The Balaban J connectivity index is 1.63. The van der Waals surface area contributed by atoms with Crippen LogP contribution in [-0.2, 0) is 0 Å². The molecule has 1 saturated heterocycles. The Kier molecular flexibility index (Phi) is 4.18. The number of nitro benzene ring substituents is 1. The highest BCUT2D eigenvalue weighted by Gasteiger charge is 2.22. The van der Waals surface area contributed by atoms with Gasteiger partial charge in [-0.15, -0.1) is 0 Å². The number of rotatable bonds is 3. The summed E-state index contributed by atoms with van der Waals surface area (Å²) < 4.78 is 0. The van der Waals surface area contributed by atoms with E-state index in [0.29, 0.717) is 18.7 Å². The summed E-state index contributed by atoms with van der Waals surface area (Å²) in [6, 6.07) is 9.65. The summed E-state index contributed by atoms with van der Waals surface area (Å²) in [4.78, 5) is 30.6. The van der Waals surface area contributed by atoms with Gasteiger partial charge in [0.2, 0.25) is 0 Å². The van der Waals surface area contributed by atoms with Crippen molar-refractivity contribution in [2.24, 2.45) is 0 Å². The number of carbonyl (C=O) groups excluding carboxylic acids is 1. The lowest BCUT2D eigenvalue weighted by Crippen LogP contribution is -2.48. The van der Waals surface area contributed by atoms with Crippen LogP contribution in [0.1, 0.15) is 10.4 Å². The minimum absolute atomic E-state index is 0.0101. The van der Waals surface area contributed by atoms with Crippen LogP contribution in [0, 0.1) is 10.1 Å². The normalized spacial score (nSPS) is 14.6. The number of piperazine rings is 1. The summed E-state index contributed by atoms with van der Waals surface area (Å²) in [5.41, 5.74) is 1.57. The summed E-state index contributed by atoms with van der Waals surface area (Å²) in [5.74, 6) is -0.0886. The van der Waals surface area contributed by atoms with Crippen LogP contribution in [0.3, 0.4) is 0 Å². The summed E-state index contributed by atoms with van der Waals surface area (Å²) in [6.45, 7) is 2.75. The van der Waals surface area contributed by atoms with Gasteiger partial charge in [-0.3, -0.25) is 19.9 Å². The lowest BCUT2D eigenvalue weighted by Gasteiger charge is -2.36. The van der Waals surface area contributed by atoms with Crippen molar-refractivity contribution in [2.45, 2.75) is 0 Å². The average Bonchev–Trinajstić information content (AvgIpc) is 2.62. The second-order valence-corrected chi connectivity index (χ2v) is 5.29. The van der Waals surface area contributed by atoms with Gasteiger partial charge in [0.1, 0.15) is 0 Å². The van der Waals surface area contributed by atoms with Crippen molar-refractivity contribution in [3.05, 3.63) is 64.5 Å². The fourth-order valence-electron chi connectivity index (χ4n) is 2.63. The molecule has 1 aliphatic rings. The van der Waals surface area contributed by atoms with E-state index in [0.717, 1.165) is 18.8 Å². The third-order valence-electron chi connectivity index (χ3n) is 3.92. The third-order valence-corrected chi connectivity index (χ3v) is 3.92. The zero-order valence-corrected chi connectivity index (χ0v) is 12.5. The number of nitrogens with zero attached hydrogens (tertiary/aromatic N) is 4. The number of aromatic nitrogens is 1. The summed E-state index contributed by atoms with van der Waals surface area (Å²) in [5, 5.41) is 10.7. The molecule has 2 heterocycles. The lowest BCUT2D eigenvalue weighted by atomic mass is 10.1. The van der Waals surface area contributed by atoms with E-state index in [-0.39, 0.29) is 11.6 Å². The molecule has 0 N–H and O–H groups in total. The zero-order chi connectivity index (χ0) is 16.2. The Labute approximate surface area is 133 Å². The van der Waals surface area contributed by atoms with Crippen LogP contribution in [0.2, 0.25) is 0 Å². The maximum atomic E-state index is 12.5. The number of hydrogen-bond donors (Lipinski definition) is 0. The topological polar surface area (TPSA) is 79.6 Å². The molecule has 2 aromatic rings. The maximum absolute atomic E-state index is 12.5. The molecule has 1 fully saturated rings. The van der Waals surface area contributed by atoms with Gasteiger partial charge in [-0.1, -0.05) is 0 Å².